The number of aromatic nitrogens is 3. The van der Waals surface area contributed by atoms with Crippen LogP contribution in [0.5, 0.6) is 0 Å². The minimum atomic E-state index is -2.74. The zero-order valence-electron chi connectivity index (χ0n) is 16.6. The average molecular weight is 401 g/mol. The van der Waals surface area contributed by atoms with Gasteiger partial charge < -0.3 is 10.2 Å². The maximum absolute atomic E-state index is 13.6. The number of nitrogens with zero attached hydrogens (tertiary/aromatic N) is 4. The maximum Gasteiger partial charge on any atom is 0.280 e. The summed E-state index contributed by atoms with van der Waals surface area (Å²) in [6.45, 7) is 7.48. The number of amides is 1. The van der Waals surface area contributed by atoms with Crippen LogP contribution in [0.1, 0.15) is 42.7 Å². The molecule has 1 aromatic carbocycles. The number of rotatable bonds is 9. The van der Waals surface area contributed by atoms with Gasteiger partial charge in [0.2, 0.25) is 0 Å². The van der Waals surface area contributed by atoms with Gasteiger partial charge in [-0.05, 0) is 32.1 Å². The van der Waals surface area contributed by atoms with Crippen molar-refractivity contribution < 1.29 is 13.6 Å². The van der Waals surface area contributed by atoms with Crippen molar-refractivity contribution in [2.24, 2.45) is 0 Å². The summed E-state index contributed by atoms with van der Waals surface area (Å²) in [7, 11) is 0. The van der Waals surface area contributed by atoms with Crippen molar-refractivity contribution in [3.8, 4) is 11.3 Å². The van der Waals surface area contributed by atoms with Crippen LogP contribution in [0, 0.1) is 0 Å². The number of carbonyl (C=O) groups is 1. The maximum atomic E-state index is 13.6. The highest BCUT2D eigenvalue weighted by molar-refractivity contribution is 5.99. The highest BCUT2D eigenvalue weighted by Gasteiger charge is 2.21. The first kappa shape index (κ1) is 20.9. The molecule has 3 rings (SSSR count). The lowest BCUT2D eigenvalue weighted by atomic mass is 10.1. The van der Waals surface area contributed by atoms with Gasteiger partial charge in [-0.25, -0.2) is 18.3 Å². The zero-order valence-corrected chi connectivity index (χ0v) is 16.6. The highest BCUT2D eigenvalue weighted by Crippen LogP contribution is 2.26. The summed E-state index contributed by atoms with van der Waals surface area (Å²) in [5.41, 5.74) is 1.10. The Morgan fingerprint density at radius 2 is 1.93 bits per heavy atom. The molecule has 0 unspecified atom stereocenters. The quantitative estimate of drug-likeness (QED) is 0.554. The lowest BCUT2D eigenvalue weighted by Gasteiger charge is -2.17. The summed E-state index contributed by atoms with van der Waals surface area (Å²) < 4.78 is 28.2. The van der Waals surface area contributed by atoms with Gasteiger partial charge in [0.05, 0.1) is 11.9 Å². The molecule has 0 fully saturated rings. The van der Waals surface area contributed by atoms with E-state index >= 15 is 0 Å². The van der Waals surface area contributed by atoms with Crippen molar-refractivity contribution in [3.63, 3.8) is 0 Å². The first-order chi connectivity index (χ1) is 14.0. The molecule has 0 saturated heterocycles. The Bertz CT molecular complexity index is 954. The zero-order chi connectivity index (χ0) is 20.8. The molecule has 0 radical (unpaired) electrons. The van der Waals surface area contributed by atoms with Crippen LogP contribution < -0.4 is 5.32 Å². The highest BCUT2D eigenvalue weighted by atomic mass is 19.3. The van der Waals surface area contributed by atoms with Gasteiger partial charge in [0.1, 0.15) is 11.3 Å². The van der Waals surface area contributed by atoms with Gasteiger partial charge in [-0.3, -0.25) is 4.79 Å². The number of nitrogens with one attached hydrogen (secondary N) is 1. The van der Waals surface area contributed by atoms with Gasteiger partial charge in [0.15, 0.2) is 5.65 Å². The van der Waals surface area contributed by atoms with Crippen molar-refractivity contribution >= 4 is 11.6 Å². The second-order valence-electron chi connectivity index (χ2n) is 6.66. The van der Waals surface area contributed by atoms with Gasteiger partial charge >= 0.3 is 0 Å². The molecule has 0 saturated carbocycles. The summed E-state index contributed by atoms with van der Waals surface area (Å²) in [6.07, 6.45) is -0.645. The van der Waals surface area contributed by atoms with Gasteiger partial charge in [0, 0.05) is 12.1 Å². The van der Waals surface area contributed by atoms with Crippen molar-refractivity contribution in [2.75, 3.05) is 26.2 Å². The summed E-state index contributed by atoms with van der Waals surface area (Å²) in [5.74, 6) is -0.363. The fraction of sp³-hybridized carbons (Fsp3) is 0.381. The molecular formula is C21H25F2N5O. The Morgan fingerprint density at radius 1 is 1.21 bits per heavy atom. The number of hydrogen-bond donors (Lipinski definition) is 1. The molecule has 2 heterocycles. The third-order valence-corrected chi connectivity index (χ3v) is 4.87. The number of carbonyl (C=O) groups excluding carboxylic acids is 1. The number of benzene rings is 1. The first-order valence-electron chi connectivity index (χ1n) is 9.78. The van der Waals surface area contributed by atoms with E-state index in [1.165, 1.54) is 12.3 Å². The van der Waals surface area contributed by atoms with E-state index in [9.17, 15) is 13.6 Å². The van der Waals surface area contributed by atoms with Crippen LogP contribution >= 0.6 is 0 Å². The summed E-state index contributed by atoms with van der Waals surface area (Å²) in [4.78, 5) is 19.3. The molecule has 6 nitrogen and oxygen atoms in total. The van der Waals surface area contributed by atoms with Crippen LogP contribution in [0.3, 0.4) is 0 Å². The molecule has 0 aliphatic heterocycles. The van der Waals surface area contributed by atoms with E-state index in [0.717, 1.165) is 30.6 Å². The van der Waals surface area contributed by atoms with E-state index in [1.54, 1.807) is 12.1 Å². The van der Waals surface area contributed by atoms with Crippen LogP contribution in [-0.4, -0.2) is 51.6 Å². The molecular weight excluding hydrogens is 376 g/mol. The predicted octanol–water partition coefficient (Wildman–Crippen LogP) is 3.80. The smallest absolute Gasteiger partial charge is 0.280 e. The molecule has 0 bridgehead atoms. The van der Waals surface area contributed by atoms with Crippen molar-refractivity contribution in [1.29, 1.82) is 0 Å². The Labute approximate surface area is 168 Å². The van der Waals surface area contributed by atoms with Gasteiger partial charge in [-0.1, -0.05) is 44.2 Å². The Morgan fingerprint density at radius 3 is 2.59 bits per heavy atom. The van der Waals surface area contributed by atoms with E-state index < -0.39 is 6.43 Å². The number of alkyl halides is 2. The number of hydrogen-bond acceptors (Lipinski definition) is 4. The molecule has 0 aliphatic carbocycles. The normalized spacial score (nSPS) is 11.5. The summed E-state index contributed by atoms with van der Waals surface area (Å²) in [5, 5.41) is 6.83. The molecule has 0 atom stereocenters. The summed E-state index contributed by atoms with van der Waals surface area (Å²) in [6, 6.07) is 10.3. The van der Waals surface area contributed by atoms with Crippen LogP contribution in [0.25, 0.3) is 16.9 Å². The topological polar surface area (TPSA) is 62.5 Å². The molecule has 1 amide bonds. The Kier molecular flexibility index (Phi) is 6.87. The Balaban J connectivity index is 1.85. The monoisotopic (exact) mass is 401 g/mol. The average Bonchev–Trinajstić information content (AvgIpc) is 3.17. The fourth-order valence-electron chi connectivity index (χ4n) is 3.20. The molecule has 2 aromatic heterocycles. The third-order valence-electron chi connectivity index (χ3n) is 4.87. The van der Waals surface area contributed by atoms with Crippen LogP contribution in [-0.2, 0) is 0 Å². The predicted molar refractivity (Wildman–Crippen MR) is 108 cm³/mol. The van der Waals surface area contributed by atoms with Gasteiger partial charge in [-0.15, -0.1) is 0 Å². The van der Waals surface area contributed by atoms with Crippen molar-refractivity contribution in [3.05, 3.63) is 53.9 Å². The molecule has 0 aliphatic rings. The lowest BCUT2D eigenvalue weighted by molar-refractivity contribution is 0.0953. The van der Waals surface area contributed by atoms with Crippen molar-refractivity contribution in [1.82, 2.24) is 24.8 Å². The number of halogens is 2. The standard InChI is InChI=1S/C21H25F2N5O/c1-3-27(4-2)12-8-11-24-21(29)16-14-25-28-18(19(22)23)13-17(26-20(16)28)15-9-6-5-7-10-15/h5-7,9-10,13-14,19H,3-4,8,11-12H2,1-2H3,(H,24,29). The van der Waals surface area contributed by atoms with Crippen LogP contribution in [0.2, 0.25) is 0 Å². The van der Waals surface area contributed by atoms with Crippen LogP contribution in [0.15, 0.2) is 42.6 Å². The SMILES string of the molecule is CCN(CC)CCCNC(=O)c1cnn2c(C(F)F)cc(-c3ccccc3)nc12. The van der Waals surface area contributed by atoms with E-state index in [1.807, 2.05) is 18.2 Å². The first-order valence-corrected chi connectivity index (χ1v) is 9.78. The van der Waals surface area contributed by atoms with E-state index in [4.69, 9.17) is 0 Å². The molecule has 1 N–H and O–H groups in total. The minimum Gasteiger partial charge on any atom is -0.352 e. The third kappa shape index (κ3) is 4.76. The van der Waals surface area contributed by atoms with E-state index in [2.05, 4.69) is 34.1 Å². The second kappa shape index (κ2) is 9.56. The lowest BCUT2D eigenvalue weighted by Crippen LogP contribution is -2.29. The second-order valence-corrected chi connectivity index (χ2v) is 6.66. The largest absolute Gasteiger partial charge is 0.352 e. The molecule has 8 heteroatoms. The minimum absolute atomic E-state index is 0.128. The fourth-order valence-corrected chi connectivity index (χ4v) is 3.20. The van der Waals surface area contributed by atoms with E-state index in [-0.39, 0.29) is 22.8 Å². The molecule has 0 spiro atoms. The number of fused-ring (bicyclic) bond motifs is 1. The van der Waals surface area contributed by atoms with E-state index in [0.29, 0.717) is 17.8 Å². The summed E-state index contributed by atoms with van der Waals surface area (Å²) >= 11 is 0. The Hall–Kier alpha value is -2.87. The van der Waals surface area contributed by atoms with Gasteiger partial charge in [0.25, 0.3) is 12.3 Å². The molecule has 29 heavy (non-hydrogen) atoms. The molecule has 154 valence electrons. The van der Waals surface area contributed by atoms with Gasteiger partial charge in [-0.2, -0.15) is 5.10 Å². The van der Waals surface area contributed by atoms with Crippen molar-refractivity contribution in [2.45, 2.75) is 26.7 Å². The van der Waals surface area contributed by atoms with Crippen LogP contribution in [0.4, 0.5) is 8.78 Å². The molecule has 3 aromatic rings.